The Morgan fingerprint density at radius 2 is 1.75 bits per heavy atom. The van der Waals surface area contributed by atoms with Gasteiger partial charge in [0.1, 0.15) is 0 Å². The number of nitrogens with zero attached hydrogens (tertiary/aromatic N) is 6. The monoisotopic (exact) mass is 381 g/mol. The SMILES string of the molecule is CN=C(NCC(Cc1ccccc1)N(C)C)N1CCN(c2ncccn2)CC1. The molecule has 1 N–H and O–H groups in total. The summed E-state index contributed by atoms with van der Waals surface area (Å²) in [6.45, 7) is 4.46. The Balaban J connectivity index is 1.52. The number of rotatable bonds is 6. The lowest BCUT2D eigenvalue weighted by Gasteiger charge is -2.37. The van der Waals surface area contributed by atoms with Crippen LogP contribution in [-0.2, 0) is 6.42 Å². The Kier molecular flexibility index (Phi) is 7.19. The van der Waals surface area contributed by atoms with Crippen LogP contribution < -0.4 is 10.2 Å². The number of benzene rings is 1. The van der Waals surface area contributed by atoms with Crippen molar-refractivity contribution in [2.24, 2.45) is 4.99 Å². The zero-order valence-electron chi connectivity index (χ0n) is 17.1. The molecule has 0 aliphatic carbocycles. The molecule has 28 heavy (non-hydrogen) atoms. The first-order valence-electron chi connectivity index (χ1n) is 9.85. The van der Waals surface area contributed by atoms with Gasteiger partial charge in [-0.15, -0.1) is 0 Å². The van der Waals surface area contributed by atoms with Gasteiger partial charge in [0, 0.05) is 58.2 Å². The highest BCUT2D eigenvalue weighted by atomic mass is 15.4. The van der Waals surface area contributed by atoms with E-state index < -0.39 is 0 Å². The van der Waals surface area contributed by atoms with E-state index in [1.54, 1.807) is 12.4 Å². The fraction of sp³-hybridized carbons (Fsp3) is 0.476. The molecule has 7 nitrogen and oxygen atoms in total. The molecular formula is C21H31N7. The normalized spacial score (nSPS) is 16.4. The van der Waals surface area contributed by atoms with Gasteiger partial charge >= 0.3 is 0 Å². The molecule has 1 aliphatic heterocycles. The van der Waals surface area contributed by atoms with E-state index in [4.69, 9.17) is 0 Å². The summed E-state index contributed by atoms with van der Waals surface area (Å²) in [5, 5.41) is 3.58. The lowest BCUT2D eigenvalue weighted by atomic mass is 10.1. The Bertz CT molecular complexity index is 725. The predicted molar refractivity (Wildman–Crippen MR) is 115 cm³/mol. The van der Waals surface area contributed by atoms with Crippen LogP contribution in [0.3, 0.4) is 0 Å². The maximum atomic E-state index is 4.51. The molecule has 3 rings (SSSR count). The van der Waals surface area contributed by atoms with Gasteiger partial charge < -0.3 is 20.0 Å². The first kappa shape index (κ1) is 20.1. The van der Waals surface area contributed by atoms with Gasteiger partial charge in [-0.25, -0.2) is 9.97 Å². The van der Waals surface area contributed by atoms with E-state index in [1.807, 2.05) is 13.1 Å². The van der Waals surface area contributed by atoms with Gasteiger partial charge in [-0.2, -0.15) is 0 Å². The topological polar surface area (TPSA) is 59.9 Å². The number of anilines is 1. The van der Waals surface area contributed by atoms with Gasteiger partial charge in [0.25, 0.3) is 0 Å². The summed E-state index contributed by atoms with van der Waals surface area (Å²) in [5.74, 6) is 1.77. The Hall–Kier alpha value is -2.67. The zero-order chi connectivity index (χ0) is 19.8. The van der Waals surface area contributed by atoms with Crippen molar-refractivity contribution in [2.45, 2.75) is 12.5 Å². The highest BCUT2D eigenvalue weighted by Gasteiger charge is 2.22. The fourth-order valence-corrected chi connectivity index (χ4v) is 3.44. The third-order valence-electron chi connectivity index (χ3n) is 5.17. The Morgan fingerprint density at radius 3 is 2.36 bits per heavy atom. The van der Waals surface area contributed by atoms with Crippen molar-refractivity contribution in [2.75, 3.05) is 58.8 Å². The van der Waals surface area contributed by atoms with E-state index in [-0.39, 0.29) is 0 Å². The number of aromatic nitrogens is 2. The molecule has 0 amide bonds. The standard InChI is InChI=1S/C21H31N7/c1-22-20(25-17-19(26(2)3)16-18-8-5-4-6-9-18)27-12-14-28(15-13-27)21-23-10-7-11-24-21/h4-11,19H,12-17H2,1-3H3,(H,22,25). The maximum absolute atomic E-state index is 4.51. The molecule has 1 atom stereocenters. The summed E-state index contributed by atoms with van der Waals surface area (Å²) in [4.78, 5) is 20.0. The van der Waals surface area contributed by atoms with Crippen LogP contribution in [0.1, 0.15) is 5.56 Å². The molecule has 1 aromatic heterocycles. The van der Waals surface area contributed by atoms with Crippen LogP contribution in [0.25, 0.3) is 0 Å². The molecule has 1 saturated heterocycles. The van der Waals surface area contributed by atoms with Gasteiger partial charge in [-0.05, 0) is 32.1 Å². The Labute approximate surface area is 168 Å². The van der Waals surface area contributed by atoms with Crippen LogP contribution in [0.4, 0.5) is 5.95 Å². The molecule has 0 radical (unpaired) electrons. The summed E-state index contributed by atoms with van der Waals surface area (Å²) in [6, 6.07) is 12.9. The summed E-state index contributed by atoms with van der Waals surface area (Å²) in [5.41, 5.74) is 1.36. The average molecular weight is 382 g/mol. The number of likely N-dealkylation sites (N-methyl/N-ethyl adjacent to an activating group) is 1. The van der Waals surface area contributed by atoms with Crippen molar-refractivity contribution in [1.29, 1.82) is 0 Å². The minimum atomic E-state index is 0.401. The fourth-order valence-electron chi connectivity index (χ4n) is 3.44. The average Bonchev–Trinajstić information content (AvgIpc) is 2.75. The highest BCUT2D eigenvalue weighted by molar-refractivity contribution is 5.80. The highest BCUT2D eigenvalue weighted by Crippen LogP contribution is 2.10. The van der Waals surface area contributed by atoms with Gasteiger partial charge in [0.2, 0.25) is 5.95 Å². The van der Waals surface area contributed by atoms with Crippen molar-refractivity contribution >= 4 is 11.9 Å². The molecule has 2 aromatic rings. The lowest BCUT2D eigenvalue weighted by molar-refractivity contribution is 0.285. The predicted octanol–water partition coefficient (Wildman–Crippen LogP) is 1.35. The number of nitrogens with one attached hydrogen (secondary N) is 1. The van der Waals surface area contributed by atoms with E-state index >= 15 is 0 Å². The number of aliphatic imine (C=N–C) groups is 1. The molecular weight excluding hydrogens is 350 g/mol. The number of guanidine groups is 1. The largest absolute Gasteiger partial charge is 0.355 e. The van der Waals surface area contributed by atoms with Crippen LogP contribution in [-0.4, -0.2) is 85.6 Å². The first-order valence-corrected chi connectivity index (χ1v) is 9.85. The second-order valence-corrected chi connectivity index (χ2v) is 7.26. The molecule has 1 unspecified atom stereocenters. The van der Waals surface area contributed by atoms with Crippen LogP contribution in [0, 0.1) is 0 Å². The molecule has 7 heteroatoms. The van der Waals surface area contributed by atoms with Crippen molar-refractivity contribution in [3.63, 3.8) is 0 Å². The summed E-state index contributed by atoms with van der Waals surface area (Å²) >= 11 is 0. The molecule has 2 heterocycles. The van der Waals surface area contributed by atoms with E-state index in [0.29, 0.717) is 6.04 Å². The molecule has 0 spiro atoms. The number of piperazine rings is 1. The van der Waals surface area contributed by atoms with Gasteiger partial charge in [-0.1, -0.05) is 30.3 Å². The van der Waals surface area contributed by atoms with E-state index in [2.05, 4.69) is 79.4 Å². The van der Waals surface area contributed by atoms with Crippen LogP contribution in [0.5, 0.6) is 0 Å². The number of hydrogen-bond donors (Lipinski definition) is 1. The van der Waals surface area contributed by atoms with Crippen LogP contribution in [0.2, 0.25) is 0 Å². The first-order chi connectivity index (χ1) is 13.7. The lowest BCUT2D eigenvalue weighted by Crippen LogP contribution is -2.54. The molecule has 1 aliphatic rings. The van der Waals surface area contributed by atoms with Crippen LogP contribution in [0.15, 0.2) is 53.8 Å². The Morgan fingerprint density at radius 1 is 1.07 bits per heavy atom. The second kappa shape index (κ2) is 10.0. The summed E-state index contributed by atoms with van der Waals surface area (Å²) in [6.07, 6.45) is 4.60. The molecule has 150 valence electrons. The van der Waals surface area contributed by atoms with E-state index in [9.17, 15) is 0 Å². The quantitative estimate of drug-likeness (QED) is 0.602. The minimum absolute atomic E-state index is 0.401. The third-order valence-corrected chi connectivity index (χ3v) is 5.17. The van der Waals surface area contributed by atoms with Gasteiger partial charge in [0.15, 0.2) is 5.96 Å². The minimum Gasteiger partial charge on any atom is -0.355 e. The second-order valence-electron chi connectivity index (χ2n) is 7.26. The van der Waals surface area contributed by atoms with E-state index in [0.717, 1.165) is 51.1 Å². The molecule has 0 saturated carbocycles. The zero-order valence-corrected chi connectivity index (χ0v) is 17.1. The third kappa shape index (κ3) is 5.42. The summed E-state index contributed by atoms with van der Waals surface area (Å²) in [7, 11) is 6.13. The van der Waals surface area contributed by atoms with Crippen molar-refractivity contribution in [3.8, 4) is 0 Å². The van der Waals surface area contributed by atoms with Crippen molar-refractivity contribution < 1.29 is 0 Å². The molecule has 0 bridgehead atoms. The smallest absolute Gasteiger partial charge is 0.225 e. The molecule has 1 aromatic carbocycles. The molecule has 1 fully saturated rings. The van der Waals surface area contributed by atoms with Crippen LogP contribution >= 0.6 is 0 Å². The maximum Gasteiger partial charge on any atom is 0.225 e. The van der Waals surface area contributed by atoms with Gasteiger partial charge in [-0.3, -0.25) is 4.99 Å². The van der Waals surface area contributed by atoms with Crippen molar-refractivity contribution in [1.82, 2.24) is 25.1 Å². The van der Waals surface area contributed by atoms with E-state index in [1.165, 1.54) is 5.56 Å². The summed E-state index contributed by atoms with van der Waals surface area (Å²) < 4.78 is 0. The van der Waals surface area contributed by atoms with Gasteiger partial charge in [0.05, 0.1) is 0 Å². The number of hydrogen-bond acceptors (Lipinski definition) is 5. The van der Waals surface area contributed by atoms with Crippen molar-refractivity contribution in [3.05, 3.63) is 54.4 Å².